The first-order valence-electron chi connectivity index (χ1n) is 14.6. The number of phenolic OH excluding ortho intramolecular Hbond substituents is 2. The Kier molecular flexibility index (Phi) is 11.1. The lowest BCUT2D eigenvalue weighted by atomic mass is 10.0. The standard InChI is InChI=1S/C33H35N5O9/c34-24(13-18-5-9-21(39)10-6-18)30(43)36-27(15-20-17-35-25-4-2-1-3-23(20)25)32(45)37-26(14-19-7-11-22(40)12-8-19)31(44)38-28(33(46)47)16-29(41)42/h1-12,17,24,26-28,35,39-40H,13-16,34H2,(H,36,43)(H,37,45)(H,38,44)(H,41,42)(H,46,47). The molecule has 1 heterocycles. The number of nitrogens with one attached hydrogen (secondary N) is 4. The fourth-order valence-corrected chi connectivity index (χ4v) is 4.98. The molecular weight excluding hydrogens is 610 g/mol. The van der Waals surface area contributed by atoms with E-state index in [0.717, 1.165) is 10.9 Å². The minimum absolute atomic E-state index is 0.0160. The maximum atomic E-state index is 13.9. The van der Waals surface area contributed by atoms with E-state index in [2.05, 4.69) is 20.9 Å². The van der Waals surface area contributed by atoms with Gasteiger partial charge in [-0.15, -0.1) is 0 Å². The van der Waals surface area contributed by atoms with Gasteiger partial charge in [0.05, 0.1) is 12.5 Å². The van der Waals surface area contributed by atoms with Crippen molar-refractivity contribution in [2.45, 2.75) is 49.9 Å². The second kappa shape index (κ2) is 15.4. The highest BCUT2D eigenvalue weighted by molar-refractivity contribution is 5.95. The van der Waals surface area contributed by atoms with Crippen LogP contribution in [0.25, 0.3) is 10.9 Å². The smallest absolute Gasteiger partial charge is 0.326 e. The van der Waals surface area contributed by atoms with Gasteiger partial charge in [0.2, 0.25) is 17.7 Å². The topological polar surface area (TPSA) is 244 Å². The lowest BCUT2D eigenvalue weighted by Gasteiger charge is -2.25. The zero-order chi connectivity index (χ0) is 34.1. The summed E-state index contributed by atoms with van der Waals surface area (Å²) in [5.74, 6) is -5.46. The number of carboxylic acid groups (broad SMARTS) is 2. The normalized spacial score (nSPS) is 13.6. The molecule has 0 saturated carbocycles. The number of rotatable bonds is 15. The van der Waals surface area contributed by atoms with Gasteiger partial charge < -0.3 is 47.1 Å². The van der Waals surface area contributed by atoms with Crippen molar-refractivity contribution < 1.29 is 44.4 Å². The van der Waals surface area contributed by atoms with Crippen molar-refractivity contribution in [2.24, 2.45) is 5.73 Å². The van der Waals surface area contributed by atoms with Gasteiger partial charge in [-0.3, -0.25) is 19.2 Å². The number of carbonyl (C=O) groups excluding carboxylic acids is 3. The fraction of sp³-hybridized carbons (Fsp3) is 0.242. The Morgan fingerprint density at radius 2 is 1.17 bits per heavy atom. The summed E-state index contributed by atoms with van der Waals surface area (Å²) in [6.45, 7) is 0. The zero-order valence-corrected chi connectivity index (χ0v) is 25.1. The van der Waals surface area contributed by atoms with Crippen LogP contribution in [-0.2, 0) is 43.2 Å². The van der Waals surface area contributed by atoms with Crippen molar-refractivity contribution in [3.63, 3.8) is 0 Å². The van der Waals surface area contributed by atoms with Crippen LogP contribution in [0.1, 0.15) is 23.1 Å². The summed E-state index contributed by atoms with van der Waals surface area (Å²) in [7, 11) is 0. The van der Waals surface area contributed by atoms with Gasteiger partial charge in [-0.1, -0.05) is 42.5 Å². The lowest BCUT2D eigenvalue weighted by molar-refractivity contribution is -0.147. The number of para-hydroxylation sites is 1. The highest BCUT2D eigenvalue weighted by atomic mass is 16.4. The van der Waals surface area contributed by atoms with Crippen LogP contribution in [0, 0.1) is 0 Å². The van der Waals surface area contributed by atoms with E-state index in [1.165, 1.54) is 36.4 Å². The van der Waals surface area contributed by atoms with Crippen LogP contribution in [0.4, 0.5) is 0 Å². The number of aromatic nitrogens is 1. The summed E-state index contributed by atoms with van der Waals surface area (Å²) in [5.41, 5.74) is 8.81. The van der Waals surface area contributed by atoms with Crippen LogP contribution in [0.3, 0.4) is 0 Å². The van der Waals surface area contributed by atoms with Gasteiger partial charge >= 0.3 is 11.9 Å². The number of hydrogen-bond donors (Lipinski definition) is 9. The first-order valence-corrected chi connectivity index (χ1v) is 14.6. The zero-order valence-electron chi connectivity index (χ0n) is 25.1. The number of aromatic amines is 1. The summed E-state index contributed by atoms with van der Waals surface area (Å²) < 4.78 is 0. The number of carboxylic acids is 2. The van der Waals surface area contributed by atoms with Gasteiger partial charge in [-0.05, 0) is 53.4 Å². The maximum Gasteiger partial charge on any atom is 0.326 e. The number of hydrogen-bond acceptors (Lipinski definition) is 8. The average molecular weight is 646 g/mol. The third kappa shape index (κ3) is 9.55. The SMILES string of the molecule is NC(Cc1ccc(O)cc1)C(=O)NC(Cc1c[nH]c2ccccc12)C(=O)NC(Cc1ccc(O)cc1)C(=O)NC(CC(=O)O)C(=O)O. The van der Waals surface area contributed by atoms with Crippen molar-refractivity contribution in [1.82, 2.24) is 20.9 Å². The molecule has 4 rings (SSSR count). The molecule has 246 valence electrons. The van der Waals surface area contributed by atoms with Crippen molar-refractivity contribution in [1.29, 1.82) is 0 Å². The molecule has 0 fully saturated rings. The van der Waals surface area contributed by atoms with E-state index >= 15 is 0 Å². The summed E-state index contributed by atoms with van der Waals surface area (Å²) in [4.78, 5) is 66.5. The van der Waals surface area contributed by atoms with Crippen LogP contribution in [0.15, 0.2) is 79.0 Å². The molecule has 3 aromatic carbocycles. The molecule has 0 aliphatic rings. The van der Waals surface area contributed by atoms with Crippen LogP contribution in [0.5, 0.6) is 11.5 Å². The second-order valence-electron chi connectivity index (χ2n) is 11.0. The van der Waals surface area contributed by atoms with Crippen LogP contribution < -0.4 is 21.7 Å². The highest BCUT2D eigenvalue weighted by Crippen LogP contribution is 2.20. The number of phenols is 2. The molecule has 0 spiro atoms. The van der Waals surface area contributed by atoms with Crippen molar-refractivity contribution >= 4 is 40.6 Å². The third-order valence-electron chi connectivity index (χ3n) is 7.46. The van der Waals surface area contributed by atoms with E-state index in [9.17, 15) is 39.3 Å². The number of H-pyrrole nitrogens is 1. The predicted octanol–water partition coefficient (Wildman–Crippen LogP) is 0.948. The predicted molar refractivity (Wildman–Crippen MR) is 169 cm³/mol. The van der Waals surface area contributed by atoms with E-state index in [4.69, 9.17) is 10.8 Å². The maximum absolute atomic E-state index is 13.9. The molecule has 47 heavy (non-hydrogen) atoms. The molecule has 3 amide bonds. The highest BCUT2D eigenvalue weighted by Gasteiger charge is 2.32. The monoisotopic (exact) mass is 645 g/mol. The van der Waals surface area contributed by atoms with E-state index in [1.807, 2.05) is 24.3 Å². The summed E-state index contributed by atoms with van der Waals surface area (Å²) in [6, 6.07) is 13.7. The van der Waals surface area contributed by atoms with E-state index in [1.54, 1.807) is 18.3 Å². The van der Waals surface area contributed by atoms with Crippen LogP contribution in [-0.4, -0.2) is 79.2 Å². The molecule has 0 radical (unpaired) electrons. The van der Waals surface area contributed by atoms with E-state index in [0.29, 0.717) is 16.7 Å². The van der Waals surface area contributed by atoms with Gasteiger partial charge in [-0.25, -0.2) is 4.79 Å². The molecular formula is C33H35N5O9. The molecule has 4 aromatic rings. The van der Waals surface area contributed by atoms with Gasteiger partial charge in [0.15, 0.2) is 0 Å². The Morgan fingerprint density at radius 1 is 0.660 bits per heavy atom. The van der Waals surface area contributed by atoms with Gasteiger partial charge in [0.25, 0.3) is 0 Å². The Morgan fingerprint density at radius 3 is 1.74 bits per heavy atom. The molecule has 14 heteroatoms. The number of fused-ring (bicyclic) bond motifs is 1. The number of carbonyl (C=O) groups is 5. The Balaban J connectivity index is 1.60. The molecule has 0 bridgehead atoms. The molecule has 1 aromatic heterocycles. The molecule has 10 N–H and O–H groups in total. The Bertz CT molecular complexity index is 1740. The number of nitrogens with two attached hydrogens (primary N) is 1. The number of aromatic hydroxyl groups is 2. The largest absolute Gasteiger partial charge is 0.508 e. The minimum Gasteiger partial charge on any atom is -0.508 e. The quantitative estimate of drug-likeness (QED) is 0.0886. The Labute approximate surface area is 268 Å². The molecule has 0 saturated heterocycles. The van der Waals surface area contributed by atoms with Gasteiger partial charge in [-0.2, -0.15) is 0 Å². The summed E-state index contributed by atoms with van der Waals surface area (Å²) in [6.07, 6.45) is 0.708. The number of amides is 3. The fourth-order valence-electron chi connectivity index (χ4n) is 4.98. The minimum atomic E-state index is -1.78. The molecule has 0 aliphatic heterocycles. The molecule has 14 nitrogen and oxygen atoms in total. The first kappa shape index (κ1) is 34.0. The summed E-state index contributed by atoms with van der Waals surface area (Å²) >= 11 is 0. The van der Waals surface area contributed by atoms with E-state index < -0.39 is 60.2 Å². The average Bonchev–Trinajstić information content (AvgIpc) is 3.44. The number of benzene rings is 3. The van der Waals surface area contributed by atoms with Crippen molar-refractivity contribution in [3.05, 3.63) is 95.7 Å². The molecule has 0 aliphatic carbocycles. The first-order chi connectivity index (χ1) is 22.4. The lowest BCUT2D eigenvalue weighted by Crippen LogP contribution is -2.58. The van der Waals surface area contributed by atoms with Crippen LogP contribution >= 0.6 is 0 Å². The van der Waals surface area contributed by atoms with Gasteiger partial charge in [0.1, 0.15) is 29.6 Å². The molecule has 4 atom stereocenters. The van der Waals surface area contributed by atoms with Crippen molar-refractivity contribution in [2.75, 3.05) is 0 Å². The second-order valence-corrected chi connectivity index (χ2v) is 11.0. The van der Waals surface area contributed by atoms with Gasteiger partial charge in [0, 0.05) is 29.9 Å². The van der Waals surface area contributed by atoms with E-state index in [-0.39, 0.29) is 30.8 Å². The Hall–Kier alpha value is -5.89. The van der Waals surface area contributed by atoms with Crippen LogP contribution in [0.2, 0.25) is 0 Å². The van der Waals surface area contributed by atoms with Crippen molar-refractivity contribution in [3.8, 4) is 11.5 Å². The number of aliphatic carboxylic acids is 2. The molecule has 4 unspecified atom stereocenters. The third-order valence-corrected chi connectivity index (χ3v) is 7.46. The summed E-state index contributed by atoms with van der Waals surface area (Å²) in [5, 5.41) is 46.1.